The number of anilines is 2. The summed E-state index contributed by atoms with van der Waals surface area (Å²) < 4.78 is 23.4. The van der Waals surface area contributed by atoms with Crippen LogP contribution in [0.1, 0.15) is 89.4 Å². The van der Waals surface area contributed by atoms with Crippen LogP contribution < -0.4 is 52.9 Å². The number of amides is 3. The van der Waals surface area contributed by atoms with Crippen molar-refractivity contribution in [2.24, 2.45) is 31.3 Å². The quantitative estimate of drug-likeness (QED) is 0.0845. The highest BCUT2D eigenvalue weighted by Gasteiger charge is 2.34. The molecular formula is C59H61Cl3N14O8. The molecule has 0 bridgehead atoms. The zero-order valence-corrected chi connectivity index (χ0v) is 48.9. The molecule has 2 saturated heterocycles. The number of aromatic nitrogens is 6. The van der Waals surface area contributed by atoms with E-state index in [1.165, 1.54) is 35.4 Å². The highest BCUT2D eigenvalue weighted by molar-refractivity contribution is 6.31. The average Bonchev–Trinajstić information content (AvgIpc) is 1.74. The molecule has 6 heterocycles. The van der Waals surface area contributed by atoms with Crippen LogP contribution in [0.15, 0.2) is 107 Å². The van der Waals surface area contributed by atoms with Crippen LogP contribution in [-0.2, 0) is 31.9 Å². The molecule has 436 valence electrons. The fourth-order valence-corrected chi connectivity index (χ4v) is 10.7. The summed E-state index contributed by atoms with van der Waals surface area (Å²) in [5.41, 5.74) is 18.7. The fraction of sp³-hybridized carbons (Fsp3) is 0.305. The minimum absolute atomic E-state index is 0. The van der Waals surface area contributed by atoms with Gasteiger partial charge in [-0.2, -0.15) is 20.5 Å². The van der Waals surface area contributed by atoms with Gasteiger partial charge in [0.05, 0.1) is 24.2 Å². The van der Waals surface area contributed by atoms with Crippen LogP contribution in [0.3, 0.4) is 0 Å². The zero-order chi connectivity index (χ0) is 59.4. The van der Waals surface area contributed by atoms with E-state index in [4.69, 9.17) is 54.6 Å². The Morgan fingerprint density at radius 2 is 1.08 bits per heavy atom. The van der Waals surface area contributed by atoms with E-state index in [0.717, 1.165) is 24.0 Å². The third-order valence-corrected chi connectivity index (χ3v) is 14.9. The number of rotatable bonds is 13. The second kappa shape index (κ2) is 25.6. The molecule has 2 atom stereocenters. The molecule has 4 aromatic carbocycles. The number of hydrogen-bond acceptors (Lipinski definition) is 15. The number of alkyl carbamates (subject to hydrolysis) is 1. The second-order valence-electron chi connectivity index (χ2n) is 21.1. The maximum absolute atomic E-state index is 14.1. The number of hydrogen-bond donors (Lipinski definition) is 4. The van der Waals surface area contributed by atoms with Crippen LogP contribution in [0.4, 0.5) is 16.4 Å². The largest absolute Gasteiger partial charge is 0.444 e. The Balaban J connectivity index is 0.000000219. The molecule has 2 aliphatic heterocycles. The summed E-state index contributed by atoms with van der Waals surface area (Å²) in [7, 11) is 3.02. The molecule has 25 heteroatoms. The Morgan fingerprint density at radius 1 is 0.667 bits per heavy atom. The van der Waals surface area contributed by atoms with E-state index in [9.17, 15) is 34.5 Å². The van der Waals surface area contributed by atoms with Gasteiger partial charge >= 0.3 is 18.1 Å². The van der Waals surface area contributed by atoms with Crippen molar-refractivity contribution < 1.29 is 28.6 Å². The van der Waals surface area contributed by atoms with E-state index in [-0.39, 0.29) is 105 Å². The number of nitrogens with one attached hydrogen (secondary N) is 1. The number of nitriles is 2. The van der Waals surface area contributed by atoms with Crippen LogP contribution in [0.2, 0.25) is 10.0 Å². The number of fused-ring (bicyclic) bond motifs is 2. The Bertz CT molecular complexity index is 4060. The minimum atomic E-state index is -0.706. The van der Waals surface area contributed by atoms with Gasteiger partial charge in [-0.1, -0.05) is 83.9 Å². The minimum Gasteiger partial charge on any atom is -0.444 e. The molecule has 0 unspecified atom stereocenters. The molecule has 2 aliphatic rings. The lowest BCUT2D eigenvalue weighted by Gasteiger charge is -2.35. The maximum Gasteiger partial charge on any atom is 0.407 e. The highest BCUT2D eigenvalue weighted by atomic mass is 35.5. The third-order valence-electron chi connectivity index (χ3n) is 14.1. The molecule has 0 aliphatic carbocycles. The van der Waals surface area contributed by atoms with Crippen LogP contribution in [0.25, 0.3) is 22.1 Å². The van der Waals surface area contributed by atoms with Gasteiger partial charge in [-0.3, -0.25) is 28.3 Å². The van der Waals surface area contributed by atoms with E-state index in [1.807, 2.05) is 46.2 Å². The van der Waals surface area contributed by atoms with E-state index in [0.29, 0.717) is 60.7 Å². The topological polar surface area (TPSA) is 303 Å². The molecule has 84 heavy (non-hydrogen) atoms. The second-order valence-corrected chi connectivity index (χ2v) is 21.9. The standard InChI is InChI=1S/C32H34ClN7O5.C27H26ClN7O3.ClH/c1-32(2,3)45-31(43)36-20-11-9-15-39(18-20)28-22(16-34)25-26(40(28)17-19-10-5-7-13-23(19)33)29(42)38(4)30(37-25)44-24-14-8-6-12-21(24)27(35)41;1-33-26(37)23-22(32-27(33)38-21-11-5-3-9-18(21)24(31)36)19(13-29)25(34-12-6-8-17(30)15-34)35(23)14-16-7-2-4-10-20(16)28;/h5-8,10,12-14,20H,9,11,15,17-18H2,1-4H3,(H2,35,41)(H,36,43);2-5,7,9-11,17H,6,8,12,14-15,30H2,1H3,(H2,31,36);1H/t20-;17-;/m11./s1. The van der Waals surface area contributed by atoms with Gasteiger partial charge < -0.3 is 55.7 Å². The number of piperidine rings is 2. The van der Waals surface area contributed by atoms with Crippen molar-refractivity contribution in [1.29, 1.82) is 10.5 Å². The third kappa shape index (κ3) is 12.8. The summed E-state index contributed by atoms with van der Waals surface area (Å²) >= 11 is 13.0. The van der Waals surface area contributed by atoms with Crippen molar-refractivity contribution in [2.75, 3.05) is 36.0 Å². The summed E-state index contributed by atoms with van der Waals surface area (Å²) in [5, 5.41) is 24.8. The van der Waals surface area contributed by atoms with Crippen LogP contribution >= 0.6 is 35.6 Å². The first-order valence-corrected chi connectivity index (χ1v) is 27.3. The summed E-state index contributed by atoms with van der Waals surface area (Å²) in [4.78, 5) is 77.7. The predicted molar refractivity (Wildman–Crippen MR) is 322 cm³/mol. The number of carbonyl (C=O) groups is 3. The van der Waals surface area contributed by atoms with Gasteiger partial charge in [-0.25, -0.2) is 4.79 Å². The van der Waals surface area contributed by atoms with Crippen LogP contribution in [0.5, 0.6) is 23.5 Å². The van der Waals surface area contributed by atoms with Gasteiger partial charge in [0.2, 0.25) is 0 Å². The normalized spacial score (nSPS) is 15.0. The number of benzene rings is 4. The van der Waals surface area contributed by atoms with Gasteiger partial charge in [0.15, 0.2) is 0 Å². The van der Waals surface area contributed by atoms with Gasteiger partial charge in [0.1, 0.15) is 74.1 Å². The number of primary amides is 2. The first-order chi connectivity index (χ1) is 39.7. The van der Waals surface area contributed by atoms with Crippen molar-refractivity contribution in [2.45, 2.75) is 77.2 Å². The van der Waals surface area contributed by atoms with Crippen molar-refractivity contribution in [3.8, 4) is 35.7 Å². The maximum atomic E-state index is 14.1. The first kappa shape index (κ1) is 61.0. The van der Waals surface area contributed by atoms with Crippen molar-refractivity contribution in [3.05, 3.63) is 161 Å². The molecule has 0 spiro atoms. The Morgan fingerprint density at radius 3 is 1.50 bits per heavy atom. The van der Waals surface area contributed by atoms with Crippen molar-refractivity contribution in [3.63, 3.8) is 0 Å². The monoisotopic (exact) mass is 1200 g/mol. The summed E-state index contributed by atoms with van der Waals surface area (Å²) in [5.74, 6) is -0.0771. The molecule has 7 N–H and O–H groups in total. The van der Waals surface area contributed by atoms with Crippen molar-refractivity contribution in [1.82, 2.24) is 33.6 Å². The van der Waals surface area contributed by atoms with Crippen LogP contribution in [-0.4, -0.2) is 90.0 Å². The summed E-state index contributed by atoms with van der Waals surface area (Å²) in [6.07, 6.45) is 2.62. The predicted octanol–water partition coefficient (Wildman–Crippen LogP) is 8.24. The van der Waals surface area contributed by atoms with Gasteiger partial charge in [-0.05, 0) is 94.0 Å². The number of ether oxygens (including phenoxy) is 3. The Hall–Kier alpha value is -9.06. The van der Waals surface area contributed by atoms with E-state index < -0.39 is 34.6 Å². The van der Waals surface area contributed by atoms with E-state index in [2.05, 4.69) is 27.4 Å². The molecule has 8 aromatic rings. The SMILES string of the molecule is Cl.Cn1c(Oc2ccccc2C(N)=O)nc2c(C#N)c(N3CCC[C@@H](N)C3)n(Cc3ccccc3Cl)c2c1=O.Cn1c(Oc2ccccc2C(N)=O)nc2c(C#N)c(N3CCC[C@@H](NC(=O)OC(C)(C)C)C3)n(Cc3ccccc3Cl)c2c1=O. The smallest absolute Gasteiger partial charge is 0.407 e. The van der Waals surface area contributed by atoms with Crippen LogP contribution in [0, 0.1) is 22.7 Å². The van der Waals surface area contributed by atoms with Crippen molar-refractivity contribution >= 4 is 87.2 Å². The zero-order valence-electron chi connectivity index (χ0n) is 46.6. The Kier molecular flexibility index (Phi) is 18.6. The molecule has 0 radical (unpaired) electrons. The average molecular weight is 1200 g/mol. The molecule has 0 saturated carbocycles. The Labute approximate surface area is 498 Å². The lowest BCUT2D eigenvalue weighted by atomic mass is 10.1. The highest BCUT2D eigenvalue weighted by Crippen LogP contribution is 2.37. The molecule has 2 fully saturated rings. The summed E-state index contributed by atoms with van der Waals surface area (Å²) in [6, 6.07) is 31.4. The lowest BCUT2D eigenvalue weighted by Crippen LogP contribution is -2.49. The molecular weight excluding hydrogens is 1140 g/mol. The summed E-state index contributed by atoms with van der Waals surface area (Å²) in [6.45, 7) is 7.95. The van der Waals surface area contributed by atoms with E-state index in [1.54, 1.807) is 78.4 Å². The molecule has 10 rings (SSSR count). The van der Waals surface area contributed by atoms with Gasteiger partial charge in [-0.15, -0.1) is 12.4 Å². The first-order valence-electron chi connectivity index (χ1n) is 26.6. The van der Waals surface area contributed by atoms with Gasteiger partial charge in [0.25, 0.3) is 22.9 Å². The van der Waals surface area contributed by atoms with E-state index >= 15 is 0 Å². The number of carbonyl (C=O) groups excluding carboxylic acids is 3. The molecule has 22 nitrogen and oxygen atoms in total. The number of nitrogens with zero attached hydrogens (tertiary/aromatic N) is 10. The number of para-hydroxylation sites is 2. The number of halogens is 3. The number of nitrogens with two attached hydrogens (primary N) is 3. The molecule has 3 amide bonds. The van der Waals surface area contributed by atoms with Gasteiger partial charge in [0, 0.05) is 62.4 Å². The molecule has 4 aromatic heterocycles. The lowest BCUT2D eigenvalue weighted by molar-refractivity contribution is 0.0499. The fourth-order valence-electron chi connectivity index (χ4n) is 10.3.